The van der Waals surface area contributed by atoms with Gasteiger partial charge in [-0.2, -0.15) is 0 Å². The Balaban J connectivity index is 1.72. The molecule has 106 valence electrons. The minimum atomic E-state index is -0.00458. The van der Waals surface area contributed by atoms with E-state index >= 15 is 0 Å². The first-order chi connectivity index (χ1) is 9.20. The molecule has 19 heavy (non-hydrogen) atoms. The smallest absolute Gasteiger partial charge is 0.308 e. The number of aryl methyl sites for hydroxylation is 1. The van der Waals surface area contributed by atoms with Crippen LogP contribution >= 0.6 is 11.3 Å². The first-order valence-electron chi connectivity index (χ1n) is 7.13. The lowest BCUT2D eigenvalue weighted by molar-refractivity contribution is -0.149. The van der Waals surface area contributed by atoms with Crippen molar-refractivity contribution >= 4 is 17.3 Å². The van der Waals surface area contributed by atoms with Gasteiger partial charge in [-0.1, -0.05) is 0 Å². The summed E-state index contributed by atoms with van der Waals surface area (Å²) in [5, 5.41) is 5.76. The highest BCUT2D eigenvalue weighted by Gasteiger charge is 2.26. The molecule has 1 aliphatic rings. The first-order valence-corrected chi connectivity index (χ1v) is 8.01. The molecule has 1 fully saturated rings. The highest BCUT2D eigenvalue weighted by Crippen LogP contribution is 2.26. The molecule has 1 heterocycles. The molecule has 0 bridgehead atoms. The molecule has 1 aromatic rings. The van der Waals surface area contributed by atoms with Crippen molar-refractivity contribution in [3.63, 3.8) is 0 Å². The van der Waals surface area contributed by atoms with Crippen LogP contribution in [0.5, 0.6) is 0 Å². The first kappa shape index (κ1) is 14.5. The molecule has 0 amide bonds. The fourth-order valence-corrected chi connectivity index (χ4v) is 3.47. The summed E-state index contributed by atoms with van der Waals surface area (Å²) < 4.78 is 5.09. The third-order valence-electron chi connectivity index (χ3n) is 3.87. The lowest BCUT2D eigenvalue weighted by Gasteiger charge is -2.27. The number of esters is 1. The average Bonchev–Trinajstić information content (AvgIpc) is 2.83. The molecule has 0 radical (unpaired) electrons. The second-order valence-corrected chi connectivity index (χ2v) is 6.21. The normalized spacial score (nSPS) is 23.3. The van der Waals surface area contributed by atoms with E-state index in [1.165, 1.54) is 10.4 Å². The van der Waals surface area contributed by atoms with Crippen LogP contribution < -0.4 is 5.32 Å². The summed E-state index contributed by atoms with van der Waals surface area (Å²) in [5.74, 6) is 0.122. The Hall–Kier alpha value is -0.870. The molecule has 1 N–H and O–H groups in total. The zero-order valence-electron chi connectivity index (χ0n) is 11.8. The largest absolute Gasteiger partial charge is 0.466 e. The lowest BCUT2D eigenvalue weighted by Crippen LogP contribution is -2.35. The molecule has 3 nitrogen and oxygen atoms in total. The molecule has 2 rings (SSSR count). The van der Waals surface area contributed by atoms with Gasteiger partial charge in [0.2, 0.25) is 0 Å². The Kier molecular flexibility index (Phi) is 5.40. The van der Waals surface area contributed by atoms with Crippen molar-refractivity contribution < 1.29 is 9.53 Å². The topological polar surface area (TPSA) is 38.3 Å². The molecule has 0 aromatic carbocycles. The lowest BCUT2D eigenvalue weighted by atomic mass is 9.86. The van der Waals surface area contributed by atoms with E-state index in [-0.39, 0.29) is 11.9 Å². The zero-order chi connectivity index (χ0) is 13.7. The van der Waals surface area contributed by atoms with Crippen molar-refractivity contribution in [1.29, 1.82) is 0 Å². The van der Waals surface area contributed by atoms with Gasteiger partial charge >= 0.3 is 5.97 Å². The SMILES string of the molecule is CCOC(=O)C1CCC(NCc2sccc2C)CC1. The number of nitrogens with one attached hydrogen (secondary N) is 1. The van der Waals surface area contributed by atoms with Crippen LogP contribution in [0.1, 0.15) is 43.0 Å². The van der Waals surface area contributed by atoms with Crippen molar-refractivity contribution in [3.05, 3.63) is 21.9 Å². The summed E-state index contributed by atoms with van der Waals surface area (Å²) in [7, 11) is 0. The summed E-state index contributed by atoms with van der Waals surface area (Å²) in [6.45, 7) is 5.48. The minimum Gasteiger partial charge on any atom is -0.466 e. The van der Waals surface area contributed by atoms with Crippen LogP contribution in [0.4, 0.5) is 0 Å². The van der Waals surface area contributed by atoms with E-state index in [1.807, 2.05) is 18.3 Å². The number of rotatable bonds is 5. The van der Waals surface area contributed by atoms with E-state index < -0.39 is 0 Å². The monoisotopic (exact) mass is 281 g/mol. The van der Waals surface area contributed by atoms with Crippen LogP contribution in [0.25, 0.3) is 0 Å². The molecule has 0 aliphatic heterocycles. The van der Waals surface area contributed by atoms with Gasteiger partial charge in [0.25, 0.3) is 0 Å². The minimum absolute atomic E-state index is 0.00458. The number of carbonyl (C=O) groups is 1. The van der Waals surface area contributed by atoms with E-state index in [1.54, 1.807) is 0 Å². The molecule has 4 heteroatoms. The van der Waals surface area contributed by atoms with Gasteiger partial charge in [-0.25, -0.2) is 0 Å². The quantitative estimate of drug-likeness (QED) is 0.842. The van der Waals surface area contributed by atoms with Crippen molar-refractivity contribution in [2.45, 2.75) is 52.1 Å². The summed E-state index contributed by atoms with van der Waals surface area (Å²) in [4.78, 5) is 13.1. The van der Waals surface area contributed by atoms with E-state index in [9.17, 15) is 4.79 Å². The number of hydrogen-bond acceptors (Lipinski definition) is 4. The molecule has 1 aliphatic carbocycles. The highest BCUT2D eigenvalue weighted by atomic mass is 32.1. The van der Waals surface area contributed by atoms with Gasteiger partial charge < -0.3 is 10.1 Å². The van der Waals surface area contributed by atoms with Crippen molar-refractivity contribution in [1.82, 2.24) is 5.32 Å². The van der Waals surface area contributed by atoms with Crippen LogP contribution in [-0.2, 0) is 16.1 Å². The van der Waals surface area contributed by atoms with Gasteiger partial charge in [-0.05, 0) is 56.5 Å². The molecular formula is C15H23NO2S. The predicted octanol–water partition coefficient (Wildman–Crippen LogP) is 3.27. The molecule has 0 saturated heterocycles. The van der Waals surface area contributed by atoms with E-state index in [0.717, 1.165) is 32.2 Å². The van der Waals surface area contributed by atoms with Gasteiger partial charge in [-0.3, -0.25) is 4.79 Å². The van der Waals surface area contributed by atoms with Crippen molar-refractivity contribution in [2.24, 2.45) is 5.92 Å². The fourth-order valence-electron chi connectivity index (χ4n) is 2.62. The van der Waals surface area contributed by atoms with Crippen molar-refractivity contribution in [2.75, 3.05) is 6.61 Å². The molecular weight excluding hydrogens is 258 g/mol. The molecule has 0 spiro atoms. The van der Waals surface area contributed by atoms with Gasteiger partial charge in [-0.15, -0.1) is 11.3 Å². The maximum absolute atomic E-state index is 11.7. The van der Waals surface area contributed by atoms with Gasteiger partial charge in [0.15, 0.2) is 0 Å². The Morgan fingerprint density at radius 3 is 2.74 bits per heavy atom. The van der Waals surface area contributed by atoms with Crippen LogP contribution in [0.2, 0.25) is 0 Å². The summed E-state index contributed by atoms with van der Waals surface area (Å²) in [6, 6.07) is 2.71. The number of ether oxygens (including phenoxy) is 1. The number of carbonyl (C=O) groups excluding carboxylic acids is 1. The zero-order valence-corrected chi connectivity index (χ0v) is 12.6. The van der Waals surface area contributed by atoms with Crippen LogP contribution in [0.3, 0.4) is 0 Å². The molecule has 1 aromatic heterocycles. The van der Waals surface area contributed by atoms with E-state index in [0.29, 0.717) is 12.6 Å². The number of hydrogen-bond donors (Lipinski definition) is 1. The van der Waals surface area contributed by atoms with Crippen molar-refractivity contribution in [3.8, 4) is 0 Å². The standard InChI is InChI=1S/C15H23NO2S/c1-3-18-15(17)12-4-6-13(7-5-12)16-10-14-11(2)8-9-19-14/h8-9,12-13,16H,3-7,10H2,1-2H3. The Bertz CT molecular complexity index is 408. The summed E-state index contributed by atoms with van der Waals surface area (Å²) >= 11 is 1.81. The van der Waals surface area contributed by atoms with Gasteiger partial charge in [0, 0.05) is 17.5 Å². The van der Waals surface area contributed by atoms with Crippen LogP contribution in [-0.4, -0.2) is 18.6 Å². The molecule has 0 atom stereocenters. The van der Waals surface area contributed by atoms with Gasteiger partial charge in [0.1, 0.15) is 0 Å². The molecule has 0 unspecified atom stereocenters. The highest BCUT2D eigenvalue weighted by molar-refractivity contribution is 7.10. The maximum atomic E-state index is 11.7. The fraction of sp³-hybridized carbons (Fsp3) is 0.667. The second kappa shape index (κ2) is 7.06. The van der Waals surface area contributed by atoms with Gasteiger partial charge in [0.05, 0.1) is 12.5 Å². The summed E-state index contributed by atoms with van der Waals surface area (Å²) in [6.07, 6.45) is 4.07. The maximum Gasteiger partial charge on any atom is 0.308 e. The Morgan fingerprint density at radius 1 is 1.42 bits per heavy atom. The summed E-state index contributed by atoms with van der Waals surface area (Å²) in [5.41, 5.74) is 1.37. The molecule has 1 saturated carbocycles. The Labute approximate surface area is 119 Å². The van der Waals surface area contributed by atoms with E-state index in [4.69, 9.17) is 4.74 Å². The predicted molar refractivity (Wildman–Crippen MR) is 78.3 cm³/mol. The number of thiophene rings is 1. The third-order valence-corrected chi connectivity index (χ3v) is 4.89. The van der Waals surface area contributed by atoms with Crippen LogP contribution in [0.15, 0.2) is 11.4 Å². The second-order valence-electron chi connectivity index (χ2n) is 5.21. The van der Waals surface area contributed by atoms with Crippen LogP contribution in [0, 0.1) is 12.8 Å². The third kappa shape index (κ3) is 4.05. The van der Waals surface area contributed by atoms with E-state index in [2.05, 4.69) is 23.7 Å². The average molecular weight is 281 g/mol. The Morgan fingerprint density at radius 2 is 2.16 bits per heavy atom.